The Morgan fingerprint density at radius 1 is 0.970 bits per heavy atom. The Kier molecular flexibility index (Phi) is 5.32. The van der Waals surface area contributed by atoms with Crippen molar-refractivity contribution in [1.82, 2.24) is 19.7 Å². The van der Waals surface area contributed by atoms with Crippen molar-refractivity contribution < 1.29 is 0 Å². The molecule has 1 fully saturated rings. The maximum absolute atomic E-state index is 4.14. The molecule has 1 atom stereocenters. The van der Waals surface area contributed by atoms with Gasteiger partial charge in [0.05, 0.1) is 11.7 Å². The Balaban J connectivity index is 1.19. The van der Waals surface area contributed by atoms with Crippen molar-refractivity contribution in [2.45, 2.75) is 32.0 Å². The molecule has 166 valence electrons. The molecule has 2 N–H and O–H groups in total. The Morgan fingerprint density at radius 2 is 1.85 bits per heavy atom. The number of hydrogen-bond acceptors (Lipinski definition) is 3. The maximum Gasteiger partial charge on any atom is 0.0651 e. The van der Waals surface area contributed by atoms with Crippen molar-refractivity contribution in [1.29, 1.82) is 0 Å². The second-order valence-corrected chi connectivity index (χ2v) is 9.18. The largest absolute Gasteiger partial charge is 0.381 e. The van der Waals surface area contributed by atoms with E-state index in [1.54, 1.807) is 0 Å². The summed E-state index contributed by atoms with van der Waals surface area (Å²) in [5.74, 6) is 0. The van der Waals surface area contributed by atoms with E-state index in [1.165, 1.54) is 40.6 Å². The van der Waals surface area contributed by atoms with Crippen LogP contribution in [0.25, 0.3) is 21.8 Å². The number of hydrogen-bond donors (Lipinski definition) is 2. The van der Waals surface area contributed by atoms with Crippen LogP contribution in [-0.4, -0.2) is 38.8 Å². The lowest BCUT2D eigenvalue weighted by atomic mass is 10.0. The van der Waals surface area contributed by atoms with Gasteiger partial charge in [0.2, 0.25) is 0 Å². The first kappa shape index (κ1) is 20.1. The van der Waals surface area contributed by atoms with Crippen molar-refractivity contribution in [2.75, 3.05) is 18.4 Å². The van der Waals surface area contributed by atoms with E-state index in [9.17, 15) is 0 Å². The minimum Gasteiger partial charge on any atom is -0.381 e. The third-order valence-electron chi connectivity index (χ3n) is 6.78. The van der Waals surface area contributed by atoms with Gasteiger partial charge in [0.15, 0.2) is 0 Å². The number of likely N-dealkylation sites (tertiary alicyclic amines) is 1. The van der Waals surface area contributed by atoms with Crippen LogP contribution >= 0.6 is 0 Å². The van der Waals surface area contributed by atoms with Crippen molar-refractivity contribution in [3.63, 3.8) is 0 Å². The highest BCUT2D eigenvalue weighted by Gasteiger charge is 2.21. The fourth-order valence-electron chi connectivity index (χ4n) is 5.19. The molecule has 3 aromatic carbocycles. The van der Waals surface area contributed by atoms with E-state index in [0.29, 0.717) is 6.04 Å². The highest BCUT2D eigenvalue weighted by molar-refractivity contribution is 5.84. The molecule has 1 saturated heterocycles. The van der Waals surface area contributed by atoms with Gasteiger partial charge in [0.25, 0.3) is 0 Å². The van der Waals surface area contributed by atoms with Gasteiger partial charge in [-0.3, -0.25) is 10.00 Å². The number of aromatic nitrogens is 3. The molecule has 5 nitrogen and oxygen atoms in total. The minimum absolute atomic E-state index is 0.459. The van der Waals surface area contributed by atoms with E-state index in [1.807, 2.05) is 6.20 Å². The average molecular weight is 436 g/mol. The summed E-state index contributed by atoms with van der Waals surface area (Å²) in [6.07, 6.45) is 6.67. The number of nitrogens with zero attached hydrogens (tertiary/aromatic N) is 3. The fraction of sp³-hybridized carbons (Fsp3) is 0.250. The molecule has 0 aliphatic carbocycles. The zero-order chi connectivity index (χ0) is 22.0. The number of aromatic amines is 1. The van der Waals surface area contributed by atoms with Gasteiger partial charge in [-0.1, -0.05) is 48.5 Å². The topological polar surface area (TPSA) is 48.9 Å². The molecule has 1 aliphatic rings. The molecule has 0 radical (unpaired) electrons. The Bertz CT molecular complexity index is 1370. The average Bonchev–Trinajstić information content (AvgIpc) is 3.45. The number of nitrogens with one attached hydrogen (secondary N) is 2. The number of piperidine rings is 1. The molecule has 0 unspecified atom stereocenters. The van der Waals surface area contributed by atoms with Gasteiger partial charge in [-0.05, 0) is 54.8 Å². The zero-order valence-corrected chi connectivity index (χ0v) is 18.7. The number of anilines is 1. The number of benzene rings is 3. The summed E-state index contributed by atoms with van der Waals surface area (Å²) in [7, 11) is 0. The molecule has 5 aromatic rings. The van der Waals surface area contributed by atoms with E-state index < -0.39 is 0 Å². The molecule has 2 aromatic heterocycles. The second-order valence-electron chi connectivity index (χ2n) is 9.18. The first-order valence-electron chi connectivity index (χ1n) is 11.8. The van der Waals surface area contributed by atoms with Gasteiger partial charge in [0.1, 0.15) is 0 Å². The third kappa shape index (κ3) is 4.24. The first-order chi connectivity index (χ1) is 16.3. The van der Waals surface area contributed by atoms with Gasteiger partial charge >= 0.3 is 0 Å². The Labute approximate surface area is 194 Å². The standard InChI is InChI=1S/C28H29N5/c1-2-7-21(8-3-1)17-33-19-23(26-10-4-5-11-28(26)33)18-32-14-6-9-25(20-32)30-24-12-13-27-22(15-24)16-29-31-27/h1-5,7-8,10-13,15-16,19,25,30H,6,9,14,17-18,20H2,(H,29,31)/t25-/m1/s1. The first-order valence-corrected chi connectivity index (χ1v) is 11.8. The van der Waals surface area contributed by atoms with Crippen LogP contribution in [0.3, 0.4) is 0 Å². The summed E-state index contributed by atoms with van der Waals surface area (Å²) in [5, 5.41) is 13.5. The zero-order valence-electron chi connectivity index (χ0n) is 18.7. The molecule has 1 aliphatic heterocycles. The van der Waals surface area contributed by atoms with E-state index in [0.717, 1.165) is 37.1 Å². The second kappa shape index (κ2) is 8.75. The lowest BCUT2D eigenvalue weighted by Gasteiger charge is -2.33. The summed E-state index contributed by atoms with van der Waals surface area (Å²) in [6, 6.07) is 26.4. The molecule has 0 amide bonds. The number of fused-ring (bicyclic) bond motifs is 2. The van der Waals surface area contributed by atoms with Crippen molar-refractivity contribution in [3.05, 3.63) is 96.3 Å². The quantitative estimate of drug-likeness (QED) is 0.363. The van der Waals surface area contributed by atoms with Crippen molar-refractivity contribution in [3.8, 4) is 0 Å². The summed E-state index contributed by atoms with van der Waals surface area (Å²) in [6.45, 7) is 4.10. The van der Waals surface area contributed by atoms with Crippen molar-refractivity contribution in [2.24, 2.45) is 0 Å². The lowest BCUT2D eigenvalue weighted by Crippen LogP contribution is -2.41. The monoisotopic (exact) mass is 435 g/mol. The molecular formula is C28H29N5. The number of para-hydroxylation sites is 1. The predicted octanol–water partition coefficient (Wildman–Crippen LogP) is 5.64. The molecule has 3 heterocycles. The lowest BCUT2D eigenvalue weighted by molar-refractivity contribution is 0.209. The van der Waals surface area contributed by atoms with E-state index in [4.69, 9.17) is 0 Å². The smallest absolute Gasteiger partial charge is 0.0651 e. The van der Waals surface area contributed by atoms with Gasteiger partial charge in [-0.15, -0.1) is 0 Å². The normalized spacial score (nSPS) is 17.0. The summed E-state index contributed by atoms with van der Waals surface area (Å²) in [4.78, 5) is 2.60. The number of rotatable bonds is 6. The van der Waals surface area contributed by atoms with Crippen molar-refractivity contribution >= 4 is 27.5 Å². The molecule has 0 bridgehead atoms. The molecule has 0 spiro atoms. The Morgan fingerprint density at radius 3 is 2.79 bits per heavy atom. The Hall–Kier alpha value is -3.57. The van der Waals surface area contributed by atoms with Gasteiger partial charge in [-0.25, -0.2) is 0 Å². The van der Waals surface area contributed by atoms with Crippen LogP contribution in [0, 0.1) is 0 Å². The van der Waals surface area contributed by atoms with Crippen LogP contribution in [0.1, 0.15) is 24.0 Å². The van der Waals surface area contributed by atoms with E-state index >= 15 is 0 Å². The van der Waals surface area contributed by atoms with Crippen LogP contribution < -0.4 is 5.32 Å². The van der Waals surface area contributed by atoms with Crippen LogP contribution in [0.15, 0.2) is 85.2 Å². The van der Waals surface area contributed by atoms with Gasteiger partial charge in [-0.2, -0.15) is 5.10 Å². The minimum atomic E-state index is 0.459. The van der Waals surface area contributed by atoms with Crippen LogP contribution in [-0.2, 0) is 13.1 Å². The fourth-order valence-corrected chi connectivity index (χ4v) is 5.19. The summed E-state index contributed by atoms with van der Waals surface area (Å²) >= 11 is 0. The molecule has 6 rings (SSSR count). The summed E-state index contributed by atoms with van der Waals surface area (Å²) in [5.41, 5.74) is 6.33. The highest BCUT2D eigenvalue weighted by Crippen LogP contribution is 2.26. The molecule has 0 saturated carbocycles. The van der Waals surface area contributed by atoms with Gasteiger partial charge in [0, 0.05) is 53.8 Å². The number of H-pyrrole nitrogens is 1. The van der Waals surface area contributed by atoms with Crippen LogP contribution in [0.5, 0.6) is 0 Å². The van der Waals surface area contributed by atoms with Crippen LogP contribution in [0.2, 0.25) is 0 Å². The van der Waals surface area contributed by atoms with Gasteiger partial charge < -0.3 is 9.88 Å². The summed E-state index contributed by atoms with van der Waals surface area (Å²) < 4.78 is 2.40. The SMILES string of the molecule is c1ccc(Cn2cc(CN3CCC[C@@H](Nc4ccc5[nH]ncc5c4)C3)c3ccccc32)cc1. The van der Waals surface area contributed by atoms with E-state index in [-0.39, 0.29) is 0 Å². The van der Waals surface area contributed by atoms with E-state index in [2.05, 4.69) is 104 Å². The maximum atomic E-state index is 4.14. The van der Waals surface area contributed by atoms with Crippen LogP contribution in [0.4, 0.5) is 5.69 Å². The third-order valence-corrected chi connectivity index (χ3v) is 6.78. The molecule has 33 heavy (non-hydrogen) atoms. The highest BCUT2D eigenvalue weighted by atomic mass is 15.2. The molecular weight excluding hydrogens is 406 g/mol. The molecule has 5 heteroatoms. The predicted molar refractivity (Wildman–Crippen MR) is 135 cm³/mol.